The molecule has 0 radical (unpaired) electrons. The summed E-state index contributed by atoms with van der Waals surface area (Å²) < 4.78 is 43.5. The Labute approximate surface area is 182 Å². The summed E-state index contributed by atoms with van der Waals surface area (Å²) in [5.41, 5.74) is 1.18. The van der Waals surface area contributed by atoms with E-state index >= 15 is 0 Å². The smallest absolute Gasteiger partial charge is 0.416 e. The third-order valence-electron chi connectivity index (χ3n) is 6.58. The van der Waals surface area contributed by atoms with Crippen molar-refractivity contribution in [2.75, 3.05) is 11.9 Å². The van der Waals surface area contributed by atoms with Crippen molar-refractivity contribution in [1.82, 2.24) is 4.98 Å². The van der Waals surface area contributed by atoms with Gasteiger partial charge in [-0.05, 0) is 61.2 Å². The molecule has 6 rings (SSSR count). The number of halogens is 3. The van der Waals surface area contributed by atoms with Crippen molar-refractivity contribution in [2.24, 2.45) is 10.8 Å². The average Bonchev–Trinajstić information content (AvgIpc) is 3.08. The molecular formula is C24H20F3N3O2. The monoisotopic (exact) mass is 439 g/mol. The summed E-state index contributed by atoms with van der Waals surface area (Å²) in [6.07, 6.45) is -0.139. The lowest BCUT2D eigenvalue weighted by Gasteiger charge is -2.65. The molecule has 0 aliphatic heterocycles. The van der Waals surface area contributed by atoms with Gasteiger partial charge in [0, 0.05) is 23.5 Å². The van der Waals surface area contributed by atoms with Crippen LogP contribution in [0.25, 0.3) is 10.9 Å². The van der Waals surface area contributed by atoms with Gasteiger partial charge in [-0.15, -0.1) is 0 Å². The molecule has 3 aromatic rings. The summed E-state index contributed by atoms with van der Waals surface area (Å²) in [5.74, 6) is 0.342. The van der Waals surface area contributed by atoms with E-state index in [4.69, 9.17) is 10.00 Å². The number of nitriles is 1. The Morgan fingerprint density at radius 3 is 2.53 bits per heavy atom. The van der Waals surface area contributed by atoms with E-state index in [0.29, 0.717) is 43.7 Å². The van der Waals surface area contributed by atoms with E-state index in [0.717, 1.165) is 28.6 Å². The summed E-state index contributed by atoms with van der Waals surface area (Å²) in [5, 5.41) is 13.0. The first-order valence-corrected chi connectivity index (χ1v) is 10.3. The first-order chi connectivity index (χ1) is 15.2. The van der Waals surface area contributed by atoms with Crippen LogP contribution in [-0.4, -0.2) is 17.5 Å². The number of hydrogen-bond donors (Lipinski definition) is 2. The minimum absolute atomic E-state index is 0.0356. The van der Waals surface area contributed by atoms with Gasteiger partial charge in [-0.25, -0.2) is 0 Å². The van der Waals surface area contributed by atoms with Crippen molar-refractivity contribution < 1.29 is 22.7 Å². The predicted molar refractivity (Wildman–Crippen MR) is 112 cm³/mol. The lowest BCUT2D eigenvalue weighted by molar-refractivity contribution is -0.179. The van der Waals surface area contributed by atoms with Gasteiger partial charge in [0.15, 0.2) is 0 Å². The molecular weight excluding hydrogens is 419 g/mol. The van der Waals surface area contributed by atoms with Crippen molar-refractivity contribution in [2.45, 2.75) is 31.9 Å². The molecule has 3 aliphatic carbocycles. The molecule has 3 fully saturated rings. The molecule has 1 heterocycles. The fourth-order valence-electron chi connectivity index (χ4n) is 4.86. The zero-order valence-electron chi connectivity index (χ0n) is 17.1. The number of rotatable bonds is 6. The van der Waals surface area contributed by atoms with E-state index in [-0.39, 0.29) is 11.3 Å². The number of benzene rings is 2. The SMILES string of the molecule is N#CC12CC(C(=O)Nc3c[nH]c4ccc(CCOc5ccc(C(F)(F)F)cc5)cc34)(C1)C2. The predicted octanol–water partition coefficient (Wildman–Crippen LogP) is 5.44. The maximum atomic E-state index is 12.7. The number of alkyl halides is 3. The molecule has 0 spiro atoms. The molecule has 2 aromatic carbocycles. The van der Waals surface area contributed by atoms with Gasteiger partial charge in [-0.3, -0.25) is 4.79 Å². The molecule has 164 valence electrons. The summed E-state index contributed by atoms with van der Waals surface area (Å²) in [7, 11) is 0. The highest BCUT2D eigenvalue weighted by Gasteiger charge is 2.72. The van der Waals surface area contributed by atoms with Crippen LogP contribution in [-0.2, 0) is 17.4 Å². The average molecular weight is 439 g/mol. The third kappa shape index (κ3) is 3.38. The van der Waals surface area contributed by atoms with Crippen LogP contribution >= 0.6 is 0 Å². The molecule has 0 atom stereocenters. The number of hydrogen-bond acceptors (Lipinski definition) is 3. The Hall–Kier alpha value is -3.47. The van der Waals surface area contributed by atoms with Crippen molar-refractivity contribution >= 4 is 22.5 Å². The number of fused-ring (bicyclic) bond motifs is 1. The summed E-state index contributed by atoms with van der Waals surface area (Å²) in [6, 6.07) is 12.8. The maximum Gasteiger partial charge on any atom is 0.416 e. The summed E-state index contributed by atoms with van der Waals surface area (Å²) in [4.78, 5) is 15.9. The Bertz CT molecular complexity index is 1220. The molecule has 0 saturated heterocycles. The first kappa shape index (κ1) is 20.4. The maximum absolute atomic E-state index is 12.7. The Balaban J connectivity index is 1.21. The molecule has 8 heteroatoms. The quantitative estimate of drug-likeness (QED) is 0.537. The normalized spacial score (nSPS) is 23.7. The summed E-state index contributed by atoms with van der Waals surface area (Å²) >= 11 is 0. The van der Waals surface area contributed by atoms with Crippen molar-refractivity contribution in [3.05, 3.63) is 59.8 Å². The van der Waals surface area contributed by atoms with Gasteiger partial charge in [-0.2, -0.15) is 18.4 Å². The molecule has 2 N–H and O–H groups in total. The number of aromatic nitrogens is 1. The third-order valence-corrected chi connectivity index (χ3v) is 6.58. The van der Waals surface area contributed by atoms with Crippen LogP contribution in [0.15, 0.2) is 48.7 Å². The second-order valence-corrected chi connectivity index (χ2v) is 8.86. The Morgan fingerprint density at radius 2 is 1.88 bits per heavy atom. The van der Waals surface area contributed by atoms with Gasteiger partial charge >= 0.3 is 6.18 Å². The van der Waals surface area contributed by atoms with E-state index in [9.17, 15) is 18.0 Å². The topological polar surface area (TPSA) is 77.9 Å². The molecule has 2 bridgehead atoms. The van der Waals surface area contributed by atoms with Gasteiger partial charge in [0.25, 0.3) is 0 Å². The van der Waals surface area contributed by atoms with E-state index in [1.807, 2.05) is 18.2 Å². The number of amides is 1. The van der Waals surface area contributed by atoms with Gasteiger partial charge in [0.05, 0.1) is 34.8 Å². The summed E-state index contributed by atoms with van der Waals surface area (Å²) in [6.45, 7) is 0.308. The number of carbonyl (C=O) groups excluding carboxylic acids is 1. The van der Waals surface area contributed by atoms with Crippen molar-refractivity contribution in [1.29, 1.82) is 5.26 Å². The number of carbonyl (C=O) groups is 1. The fourth-order valence-corrected chi connectivity index (χ4v) is 4.86. The molecule has 3 aliphatic rings. The standard InChI is InChI=1S/C24H20F3N3O2/c25-24(26,27)16-2-4-17(5-3-16)32-8-7-15-1-6-19-18(9-15)20(10-29-19)30-21(31)23-11-22(12-23,13-23)14-28/h1-6,9-10,29H,7-8,11-13H2,(H,30,31). The van der Waals surface area contributed by atoms with Crippen LogP contribution < -0.4 is 10.1 Å². The van der Waals surface area contributed by atoms with Gasteiger partial charge in [-0.1, -0.05) is 6.07 Å². The van der Waals surface area contributed by atoms with E-state index in [1.165, 1.54) is 12.1 Å². The molecule has 0 unspecified atom stereocenters. The zero-order valence-corrected chi connectivity index (χ0v) is 17.1. The number of anilines is 1. The number of nitrogens with zero attached hydrogens (tertiary/aromatic N) is 1. The second kappa shape index (κ2) is 7.02. The van der Waals surface area contributed by atoms with Crippen LogP contribution in [0.3, 0.4) is 0 Å². The largest absolute Gasteiger partial charge is 0.493 e. The second-order valence-electron chi connectivity index (χ2n) is 8.86. The first-order valence-electron chi connectivity index (χ1n) is 10.3. The highest BCUT2D eigenvalue weighted by atomic mass is 19.4. The molecule has 1 aromatic heterocycles. The number of H-pyrrole nitrogens is 1. The van der Waals surface area contributed by atoms with Crippen LogP contribution in [0, 0.1) is 22.2 Å². The van der Waals surface area contributed by atoms with Gasteiger partial charge in [0.1, 0.15) is 5.75 Å². The van der Waals surface area contributed by atoms with Crippen molar-refractivity contribution in [3.63, 3.8) is 0 Å². The van der Waals surface area contributed by atoms with Crippen LogP contribution in [0.5, 0.6) is 5.75 Å². The fraction of sp³-hybridized carbons (Fsp3) is 0.333. The Kier molecular flexibility index (Phi) is 4.48. The minimum Gasteiger partial charge on any atom is -0.493 e. The lowest BCUT2D eigenvalue weighted by atomic mass is 9.35. The highest BCUT2D eigenvalue weighted by Crippen LogP contribution is 2.73. The molecule has 5 nitrogen and oxygen atoms in total. The Morgan fingerprint density at radius 1 is 1.16 bits per heavy atom. The highest BCUT2D eigenvalue weighted by molar-refractivity contribution is 6.05. The van der Waals surface area contributed by atoms with Crippen molar-refractivity contribution in [3.8, 4) is 11.8 Å². The molecule has 1 amide bonds. The number of aromatic amines is 1. The van der Waals surface area contributed by atoms with Crippen LogP contribution in [0.2, 0.25) is 0 Å². The van der Waals surface area contributed by atoms with Gasteiger partial charge < -0.3 is 15.0 Å². The van der Waals surface area contributed by atoms with Crippen LogP contribution in [0.1, 0.15) is 30.4 Å². The minimum atomic E-state index is -4.37. The number of ether oxygens (including phenoxy) is 1. The molecule has 3 saturated carbocycles. The van der Waals surface area contributed by atoms with Gasteiger partial charge in [0.2, 0.25) is 5.91 Å². The van der Waals surface area contributed by atoms with E-state index < -0.39 is 17.2 Å². The van der Waals surface area contributed by atoms with E-state index in [2.05, 4.69) is 16.4 Å². The molecule has 32 heavy (non-hydrogen) atoms. The van der Waals surface area contributed by atoms with Crippen LogP contribution in [0.4, 0.5) is 18.9 Å². The lowest BCUT2D eigenvalue weighted by Crippen LogP contribution is -2.65. The zero-order chi connectivity index (χ0) is 22.6. The number of nitrogens with one attached hydrogen (secondary N) is 2. The van der Waals surface area contributed by atoms with E-state index in [1.54, 1.807) is 6.20 Å².